The molecular formula is C20H17BrN2O2. The molecule has 126 valence electrons. The Morgan fingerprint density at radius 1 is 1.04 bits per heavy atom. The van der Waals surface area contributed by atoms with E-state index in [2.05, 4.69) is 21.0 Å². The molecule has 1 aromatic heterocycles. The van der Waals surface area contributed by atoms with Gasteiger partial charge >= 0.3 is 0 Å². The van der Waals surface area contributed by atoms with Crippen LogP contribution in [-0.4, -0.2) is 15.6 Å². The Morgan fingerprint density at radius 2 is 1.80 bits per heavy atom. The molecule has 0 saturated heterocycles. The van der Waals surface area contributed by atoms with Gasteiger partial charge in [-0.15, -0.1) is 0 Å². The molecule has 0 aliphatic rings. The zero-order valence-corrected chi connectivity index (χ0v) is 15.4. The van der Waals surface area contributed by atoms with Crippen molar-refractivity contribution in [1.29, 1.82) is 0 Å². The topological polar surface area (TPSA) is 52.0 Å². The van der Waals surface area contributed by atoms with Crippen LogP contribution in [0.4, 0.5) is 0 Å². The quantitative estimate of drug-likeness (QED) is 0.482. The highest BCUT2D eigenvalue weighted by Crippen LogP contribution is 2.18. The van der Waals surface area contributed by atoms with E-state index in [1.165, 1.54) is 17.7 Å². The number of hydrogen-bond acceptors (Lipinski definition) is 3. The van der Waals surface area contributed by atoms with Gasteiger partial charge in [-0.1, -0.05) is 52.3 Å². The minimum atomic E-state index is -0.173. The van der Waals surface area contributed by atoms with Gasteiger partial charge in [0.15, 0.2) is 5.78 Å². The van der Waals surface area contributed by atoms with Gasteiger partial charge in [-0.25, -0.2) is 4.68 Å². The lowest BCUT2D eigenvalue weighted by Gasteiger charge is -2.09. The molecule has 0 amide bonds. The van der Waals surface area contributed by atoms with E-state index >= 15 is 0 Å². The van der Waals surface area contributed by atoms with Crippen molar-refractivity contribution in [3.8, 4) is 11.3 Å². The van der Waals surface area contributed by atoms with E-state index in [1.807, 2.05) is 36.4 Å². The Kier molecular flexibility index (Phi) is 5.24. The number of alkyl halides is 1. The molecule has 0 unspecified atom stereocenters. The van der Waals surface area contributed by atoms with Crippen LogP contribution < -0.4 is 5.56 Å². The lowest BCUT2D eigenvalue weighted by atomic mass is 10.1. The molecule has 0 N–H and O–H groups in total. The summed E-state index contributed by atoms with van der Waals surface area (Å²) in [5, 5.41) is 5.25. The van der Waals surface area contributed by atoms with Crippen LogP contribution in [0.2, 0.25) is 0 Å². The predicted octanol–water partition coefficient (Wildman–Crippen LogP) is 4.06. The summed E-state index contributed by atoms with van der Waals surface area (Å²) >= 11 is 3.45. The number of aromatic nitrogens is 2. The number of halogens is 1. The SMILES string of the molecule is CC(=O)c1cccc(Cn2nc(-c3cccc(CBr)c3)ccc2=O)c1. The second-order valence-electron chi connectivity index (χ2n) is 5.81. The number of rotatable bonds is 5. The Labute approximate surface area is 154 Å². The summed E-state index contributed by atoms with van der Waals surface area (Å²) in [4.78, 5) is 23.7. The van der Waals surface area contributed by atoms with Crippen molar-refractivity contribution >= 4 is 21.7 Å². The van der Waals surface area contributed by atoms with Gasteiger partial charge in [-0.2, -0.15) is 5.10 Å². The summed E-state index contributed by atoms with van der Waals surface area (Å²) < 4.78 is 1.43. The highest BCUT2D eigenvalue weighted by molar-refractivity contribution is 9.08. The summed E-state index contributed by atoms with van der Waals surface area (Å²) in [6.45, 7) is 1.85. The van der Waals surface area contributed by atoms with Crippen LogP contribution in [0.5, 0.6) is 0 Å². The Hall–Kier alpha value is -2.53. The van der Waals surface area contributed by atoms with Gasteiger partial charge in [0, 0.05) is 22.5 Å². The van der Waals surface area contributed by atoms with Crippen molar-refractivity contribution in [3.63, 3.8) is 0 Å². The Morgan fingerprint density at radius 3 is 2.56 bits per heavy atom. The third-order valence-corrected chi connectivity index (χ3v) is 4.56. The lowest BCUT2D eigenvalue weighted by Crippen LogP contribution is -2.23. The van der Waals surface area contributed by atoms with E-state index in [0.29, 0.717) is 12.1 Å². The van der Waals surface area contributed by atoms with Crippen molar-refractivity contribution in [2.75, 3.05) is 0 Å². The number of carbonyl (C=O) groups excluding carboxylic acids is 1. The van der Waals surface area contributed by atoms with Crippen LogP contribution in [0.1, 0.15) is 28.4 Å². The Bertz CT molecular complexity index is 979. The monoisotopic (exact) mass is 396 g/mol. The zero-order chi connectivity index (χ0) is 17.8. The largest absolute Gasteiger partial charge is 0.295 e. The van der Waals surface area contributed by atoms with Crippen LogP contribution in [-0.2, 0) is 11.9 Å². The van der Waals surface area contributed by atoms with Crippen molar-refractivity contribution in [2.24, 2.45) is 0 Å². The summed E-state index contributed by atoms with van der Waals surface area (Å²) in [6.07, 6.45) is 0. The molecule has 0 aliphatic carbocycles. The minimum absolute atomic E-state index is 0.00231. The van der Waals surface area contributed by atoms with Crippen molar-refractivity contribution < 1.29 is 4.79 Å². The molecule has 25 heavy (non-hydrogen) atoms. The average Bonchev–Trinajstić information content (AvgIpc) is 2.64. The maximum atomic E-state index is 12.2. The number of hydrogen-bond donors (Lipinski definition) is 0. The average molecular weight is 397 g/mol. The van der Waals surface area contributed by atoms with Gasteiger partial charge in [0.05, 0.1) is 12.2 Å². The van der Waals surface area contributed by atoms with Gasteiger partial charge in [-0.05, 0) is 36.2 Å². The molecule has 0 fully saturated rings. The van der Waals surface area contributed by atoms with Crippen LogP contribution in [0, 0.1) is 0 Å². The number of Topliss-reactive ketones (excluding diaryl/α,β-unsaturated/α-hetero) is 1. The first-order valence-corrected chi connectivity index (χ1v) is 9.02. The molecule has 1 heterocycles. The second-order valence-corrected chi connectivity index (χ2v) is 6.37. The molecule has 3 rings (SSSR count). The fourth-order valence-corrected chi connectivity index (χ4v) is 2.94. The fourth-order valence-electron chi connectivity index (χ4n) is 2.59. The summed E-state index contributed by atoms with van der Waals surface area (Å²) in [5.41, 5.74) is 4.17. The number of carbonyl (C=O) groups is 1. The molecule has 3 aromatic rings. The van der Waals surface area contributed by atoms with Gasteiger partial charge in [0.25, 0.3) is 5.56 Å². The van der Waals surface area contributed by atoms with E-state index in [9.17, 15) is 9.59 Å². The normalized spacial score (nSPS) is 10.6. The van der Waals surface area contributed by atoms with E-state index in [-0.39, 0.29) is 11.3 Å². The first-order chi connectivity index (χ1) is 12.1. The molecule has 0 spiro atoms. The molecule has 0 atom stereocenters. The number of nitrogens with zero attached hydrogens (tertiary/aromatic N) is 2. The summed E-state index contributed by atoms with van der Waals surface area (Å²) in [5.74, 6) is 0.00231. The van der Waals surface area contributed by atoms with E-state index in [0.717, 1.165) is 27.7 Å². The lowest BCUT2D eigenvalue weighted by molar-refractivity contribution is 0.101. The van der Waals surface area contributed by atoms with E-state index in [4.69, 9.17) is 0 Å². The van der Waals surface area contributed by atoms with Crippen molar-refractivity contribution in [1.82, 2.24) is 9.78 Å². The minimum Gasteiger partial charge on any atom is -0.295 e. The second kappa shape index (κ2) is 7.57. The molecule has 0 aliphatic heterocycles. The highest BCUT2D eigenvalue weighted by atomic mass is 79.9. The van der Waals surface area contributed by atoms with Crippen LogP contribution in [0.3, 0.4) is 0 Å². The fraction of sp³-hybridized carbons (Fsp3) is 0.150. The maximum absolute atomic E-state index is 12.2. The van der Waals surface area contributed by atoms with E-state index < -0.39 is 0 Å². The van der Waals surface area contributed by atoms with Crippen molar-refractivity contribution in [2.45, 2.75) is 18.8 Å². The molecule has 4 nitrogen and oxygen atoms in total. The molecule has 2 aromatic carbocycles. The third kappa shape index (κ3) is 4.12. The molecule has 0 saturated carbocycles. The number of ketones is 1. The summed E-state index contributed by atoms with van der Waals surface area (Å²) in [7, 11) is 0. The Balaban J connectivity index is 1.96. The van der Waals surface area contributed by atoms with Gasteiger partial charge in [0.1, 0.15) is 0 Å². The third-order valence-electron chi connectivity index (χ3n) is 3.91. The first kappa shape index (κ1) is 17.3. The molecule has 5 heteroatoms. The zero-order valence-electron chi connectivity index (χ0n) is 13.8. The molecule has 0 radical (unpaired) electrons. The van der Waals surface area contributed by atoms with E-state index in [1.54, 1.807) is 18.2 Å². The molecular weight excluding hydrogens is 380 g/mol. The van der Waals surface area contributed by atoms with Crippen LogP contribution >= 0.6 is 15.9 Å². The summed E-state index contributed by atoms with van der Waals surface area (Å²) in [6, 6.07) is 18.6. The number of benzene rings is 2. The smallest absolute Gasteiger partial charge is 0.267 e. The standard InChI is InChI=1S/C20H17BrN2O2/c1-14(24)17-6-3-5-16(11-17)13-23-20(25)9-8-19(22-23)18-7-2-4-15(10-18)12-21/h2-11H,12-13H2,1H3. The van der Waals surface area contributed by atoms with Crippen LogP contribution in [0.15, 0.2) is 65.5 Å². The van der Waals surface area contributed by atoms with Gasteiger partial charge in [-0.3, -0.25) is 9.59 Å². The first-order valence-electron chi connectivity index (χ1n) is 7.90. The highest BCUT2D eigenvalue weighted by Gasteiger charge is 2.06. The van der Waals surface area contributed by atoms with Gasteiger partial charge in [0.2, 0.25) is 0 Å². The molecule has 0 bridgehead atoms. The maximum Gasteiger partial charge on any atom is 0.267 e. The van der Waals surface area contributed by atoms with Crippen LogP contribution in [0.25, 0.3) is 11.3 Å². The van der Waals surface area contributed by atoms with Crippen molar-refractivity contribution in [3.05, 3.63) is 87.7 Å². The van der Waals surface area contributed by atoms with Gasteiger partial charge < -0.3 is 0 Å². The predicted molar refractivity (Wildman–Crippen MR) is 102 cm³/mol.